The van der Waals surface area contributed by atoms with E-state index in [4.69, 9.17) is 44.6 Å². The number of ether oxygens (including phenoxy) is 7. The number of aliphatic hydroxyl groups is 8. The Morgan fingerprint density at radius 2 is 1.48 bits per heavy atom. The number of cyclic esters (lactones) is 1. The number of esters is 1. The van der Waals surface area contributed by atoms with Gasteiger partial charge in [0.1, 0.15) is 46.3 Å². The lowest BCUT2D eigenvalue weighted by Crippen LogP contribution is -2.67. The first-order valence-electron chi connectivity index (χ1n) is 32.2. The monoisotopic (exact) mass is 1300 g/mol. The van der Waals surface area contributed by atoms with Crippen molar-refractivity contribution in [1.29, 1.82) is 0 Å². The highest BCUT2D eigenvalue weighted by molar-refractivity contribution is 6.24. The van der Waals surface area contributed by atoms with Gasteiger partial charge in [-0.25, -0.2) is 4.79 Å². The molecule has 92 heavy (non-hydrogen) atoms. The van der Waals surface area contributed by atoms with E-state index in [0.717, 1.165) is 0 Å². The van der Waals surface area contributed by atoms with E-state index in [-0.39, 0.29) is 80.8 Å². The zero-order valence-electron chi connectivity index (χ0n) is 55.2. The maximum atomic E-state index is 14.5. The van der Waals surface area contributed by atoms with Crippen molar-refractivity contribution in [3.63, 3.8) is 0 Å². The second-order valence-electron chi connectivity index (χ2n) is 27.7. The summed E-state index contributed by atoms with van der Waals surface area (Å²) in [4.78, 5) is 81.6. The third kappa shape index (κ3) is 14.5. The van der Waals surface area contributed by atoms with Crippen LogP contribution in [0.4, 0.5) is 4.79 Å². The third-order valence-corrected chi connectivity index (χ3v) is 20.7. The first kappa shape index (κ1) is 74.0. The third-order valence-electron chi connectivity index (χ3n) is 20.7. The topological polar surface area (TPSA) is 437 Å². The van der Waals surface area contributed by atoms with Crippen molar-refractivity contribution in [3.05, 3.63) is 46.2 Å². The number of benzene rings is 1. The maximum Gasteiger partial charge on any atom is 0.407 e. The number of primary amides is 1. The quantitative estimate of drug-likeness (QED) is 0.0570. The Hall–Kier alpha value is -5.40. The molecular formula is C65H101N5O22. The van der Waals surface area contributed by atoms with Crippen LogP contribution in [0.2, 0.25) is 0 Å². The van der Waals surface area contributed by atoms with Crippen LogP contribution >= 0.6 is 0 Å². The summed E-state index contributed by atoms with van der Waals surface area (Å²) < 4.78 is 44.2. The molecule has 0 bridgehead atoms. The largest absolute Gasteiger partial charge is 0.508 e. The number of carbonyl (C=O) groups is 6. The molecule has 4 fully saturated rings. The minimum Gasteiger partial charge on any atom is -0.508 e. The van der Waals surface area contributed by atoms with Crippen molar-refractivity contribution < 1.29 is 108 Å². The Labute approximate surface area is 537 Å². The van der Waals surface area contributed by atoms with Crippen LogP contribution in [0.3, 0.4) is 0 Å². The second kappa shape index (κ2) is 28.9. The van der Waals surface area contributed by atoms with Crippen LogP contribution in [0.5, 0.6) is 5.75 Å². The molecule has 518 valence electrons. The number of ketones is 2. The van der Waals surface area contributed by atoms with Crippen LogP contribution < -0.4 is 27.4 Å². The maximum absolute atomic E-state index is 14.5. The van der Waals surface area contributed by atoms with Crippen molar-refractivity contribution in [2.75, 3.05) is 26.7 Å². The number of hydrogen-bond acceptors (Lipinski definition) is 24. The highest BCUT2D eigenvalue weighted by Gasteiger charge is 2.66. The Morgan fingerprint density at radius 1 is 0.804 bits per heavy atom. The van der Waals surface area contributed by atoms with Crippen LogP contribution in [0.25, 0.3) is 5.76 Å². The lowest BCUT2D eigenvalue weighted by Gasteiger charge is -2.52. The van der Waals surface area contributed by atoms with Crippen molar-refractivity contribution in [3.8, 4) is 5.75 Å². The molecule has 27 nitrogen and oxygen atoms in total. The van der Waals surface area contributed by atoms with E-state index in [1.807, 2.05) is 20.8 Å². The van der Waals surface area contributed by atoms with Gasteiger partial charge in [0, 0.05) is 74.9 Å². The summed E-state index contributed by atoms with van der Waals surface area (Å²) in [7, 11) is 1.44. The Morgan fingerprint density at radius 3 is 2.12 bits per heavy atom. The number of unbranched alkanes of at least 4 members (excludes halogenated alkanes) is 2. The summed E-state index contributed by atoms with van der Waals surface area (Å²) in [5, 5.41) is 113. The van der Waals surface area contributed by atoms with Gasteiger partial charge in [0.25, 0.3) is 5.91 Å². The molecule has 3 heterocycles. The van der Waals surface area contributed by atoms with Gasteiger partial charge < -0.3 is 107 Å². The van der Waals surface area contributed by atoms with E-state index in [0.29, 0.717) is 25.7 Å². The fraction of sp³-hybridized carbons (Fsp3) is 0.754. The molecule has 16 N–H and O–H groups in total. The number of Topliss-reactive ketones (excluding diaryl/α,β-unsaturated/α-hetero) is 2. The summed E-state index contributed by atoms with van der Waals surface area (Å²) in [5.74, 6) is -13.8. The molecule has 3 aliphatic heterocycles. The lowest BCUT2D eigenvalue weighted by atomic mass is 9.54. The van der Waals surface area contributed by atoms with E-state index >= 15 is 0 Å². The number of nitrogens with two attached hydrogens (primary N) is 2. The van der Waals surface area contributed by atoms with E-state index in [9.17, 15) is 74.7 Å². The molecule has 0 radical (unpaired) electrons. The van der Waals surface area contributed by atoms with E-state index in [1.54, 1.807) is 48.5 Å². The van der Waals surface area contributed by atoms with E-state index < -0.39 is 189 Å². The number of nitrogens with one attached hydrogen (secondary N) is 3. The molecule has 9 unspecified atom stereocenters. The predicted octanol–water partition coefficient (Wildman–Crippen LogP) is 2.33. The van der Waals surface area contributed by atoms with Crippen molar-refractivity contribution in [2.45, 2.75) is 242 Å². The molecule has 1 saturated carbocycles. The number of hydrogen-bond donors (Lipinski definition) is 14. The molecule has 3 aliphatic carbocycles. The number of rotatable bonds is 18. The van der Waals surface area contributed by atoms with Crippen LogP contribution in [-0.2, 0) is 62.7 Å². The molecule has 7 rings (SSSR count). The normalized spacial score (nSPS) is 41.3. The highest BCUT2D eigenvalue weighted by Crippen LogP contribution is 2.57. The molecule has 0 aromatic heterocycles. The Bertz CT molecular complexity index is 2940. The summed E-state index contributed by atoms with van der Waals surface area (Å²) in [6.07, 6.45) is -9.76. The standard InChI is InChI=1S/C65H101N5O22/c1-14-40-64(12,84)52(76)32(5)46(66)30(3)27-61(9,82)55(91-59-48(73)29(2)25-31(4)87-59)33(6)51(34(7)58(80)89-40)90-42-28-62(10,86-13)56(35(8)88-42)92-60(81)70-22-17-15-16-21-41(72)68-23-24-69-47-38-26-37-44(49(74)43-36(63(37,11)83)19-18-20-39(43)71)53(77)65(38,85)54(78)45(50(47)75)57(67)79/h18-20,29-35,37-38,40,42,46-48,51-52,55-56,59,69,71,73-74,76,78,82-85H,14-17,21-28,66H2,1-13H3,(H2,67,79)(H,68,72)(H,70,81)/t29?,30-,31?,32+,33+,34-,35?,37+,38+,40-,42?,46+,47?,48?,51+,52-,55-,56?,59?,61-,62?,63-,64-,65+/m1/s1. The number of methoxy groups -OCH3 is 1. The molecule has 3 saturated heterocycles. The van der Waals surface area contributed by atoms with Crippen LogP contribution in [-0.4, -0.2) is 204 Å². The zero-order chi connectivity index (χ0) is 68.7. The van der Waals surface area contributed by atoms with Gasteiger partial charge in [0.15, 0.2) is 30.1 Å². The van der Waals surface area contributed by atoms with Crippen molar-refractivity contribution >= 4 is 41.2 Å². The fourth-order valence-corrected chi connectivity index (χ4v) is 15.2. The van der Waals surface area contributed by atoms with Gasteiger partial charge >= 0.3 is 12.1 Å². The van der Waals surface area contributed by atoms with Gasteiger partial charge in [-0.1, -0.05) is 53.2 Å². The van der Waals surface area contributed by atoms with Crippen molar-refractivity contribution in [2.24, 2.45) is 52.9 Å². The highest BCUT2D eigenvalue weighted by atomic mass is 16.7. The minimum absolute atomic E-state index is 0.00872. The van der Waals surface area contributed by atoms with Gasteiger partial charge in [0.2, 0.25) is 11.7 Å². The number of phenolic OH excluding ortho intramolecular Hbond substituents is 1. The molecule has 0 spiro atoms. The first-order valence-corrected chi connectivity index (χ1v) is 32.2. The summed E-state index contributed by atoms with van der Waals surface area (Å²) >= 11 is 0. The molecule has 27 heteroatoms. The average molecular weight is 1300 g/mol. The molecular weight excluding hydrogens is 1200 g/mol. The molecule has 1 aromatic rings. The van der Waals surface area contributed by atoms with Crippen LogP contribution in [0.1, 0.15) is 152 Å². The Kier molecular flexibility index (Phi) is 23.2. The molecule has 6 aliphatic rings. The molecule has 24 atom stereocenters. The number of aliphatic hydroxyl groups excluding tert-OH is 4. The summed E-state index contributed by atoms with van der Waals surface area (Å²) in [6.45, 7) is 19.9. The van der Waals surface area contributed by atoms with Crippen LogP contribution in [0.15, 0.2) is 35.1 Å². The van der Waals surface area contributed by atoms with Gasteiger partial charge in [-0.3, -0.25) is 24.0 Å². The molecule has 1 aromatic carbocycles. The number of carbonyl (C=O) groups excluding carboxylic acids is 6. The Balaban J connectivity index is 0.944. The number of phenols is 1. The van der Waals surface area contributed by atoms with E-state index in [2.05, 4.69) is 16.0 Å². The van der Waals surface area contributed by atoms with Gasteiger partial charge in [-0.2, -0.15) is 0 Å². The lowest BCUT2D eigenvalue weighted by molar-refractivity contribution is -0.317. The SMILES string of the molecule is CC[C@H]1OC(=O)[C@H](C)[C@@H](OC2CC(C)(OC)C(OC(=O)NCCCCCC(=O)NCCNC3C(=O)C(C(N)=O)=C(O)[C@@]4(O)C(=O)C5=C(O)c6c(O)cccc6[C@@](C)(O)[C@H]5C[C@@H]34)C(C)O2)[C@H](C)[C@@H](OC2OC(C)CC(C)C2O)[C@](C)(O)C[C@@H](C)[C@H](N)[C@H](C)[C@@H](O)[C@]1(C)O. The summed E-state index contributed by atoms with van der Waals surface area (Å²) in [6, 6.07) is 1.77. The summed E-state index contributed by atoms with van der Waals surface area (Å²) in [5.41, 5.74) is 0.665. The van der Waals surface area contributed by atoms with Gasteiger partial charge in [-0.05, 0) is 110 Å². The van der Waals surface area contributed by atoms with Crippen molar-refractivity contribution in [1.82, 2.24) is 16.0 Å². The number of alkyl carbamates (subject to hydrolysis) is 1. The molecule has 3 amide bonds. The fourth-order valence-electron chi connectivity index (χ4n) is 15.2. The zero-order valence-corrected chi connectivity index (χ0v) is 55.2. The van der Waals surface area contributed by atoms with Gasteiger partial charge in [0.05, 0.1) is 59.2 Å². The number of fused-ring (bicyclic) bond motifs is 3. The first-order chi connectivity index (χ1) is 42.8. The minimum atomic E-state index is -2.97. The smallest absolute Gasteiger partial charge is 0.407 e. The average Bonchev–Trinajstić information content (AvgIpc) is 0.692. The predicted molar refractivity (Wildman–Crippen MR) is 329 cm³/mol. The number of aromatic hydroxyl groups is 1. The van der Waals surface area contributed by atoms with Crippen LogP contribution in [0, 0.1) is 41.4 Å². The van der Waals surface area contributed by atoms with E-state index in [1.165, 1.54) is 39.2 Å². The second-order valence-corrected chi connectivity index (χ2v) is 27.7. The number of amides is 3. The van der Waals surface area contributed by atoms with Gasteiger partial charge in [-0.15, -0.1) is 0 Å².